The lowest BCUT2D eigenvalue weighted by Gasteiger charge is -2.33. The van der Waals surface area contributed by atoms with Gasteiger partial charge in [0.2, 0.25) is 5.91 Å². The van der Waals surface area contributed by atoms with Gasteiger partial charge in [0.05, 0.1) is 0 Å². The third-order valence-electron chi connectivity index (χ3n) is 5.27. The Morgan fingerprint density at radius 1 is 1.38 bits per heavy atom. The number of aromatic nitrogens is 2. The van der Waals surface area contributed by atoms with E-state index in [1.807, 2.05) is 22.4 Å². The molecule has 2 aromatic heterocycles. The van der Waals surface area contributed by atoms with Gasteiger partial charge in [-0.05, 0) is 48.9 Å². The summed E-state index contributed by atoms with van der Waals surface area (Å²) in [7, 11) is 0. The summed E-state index contributed by atoms with van der Waals surface area (Å²) in [5.74, 6) is 0.829. The van der Waals surface area contributed by atoms with E-state index in [0.29, 0.717) is 18.2 Å². The van der Waals surface area contributed by atoms with Crippen molar-refractivity contribution in [1.29, 1.82) is 0 Å². The highest BCUT2D eigenvalue weighted by Crippen LogP contribution is 2.26. The van der Waals surface area contributed by atoms with Crippen molar-refractivity contribution in [2.45, 2.75) is 38.1 Å². The van der Waals surface area contributed by atoms with Crippen molar-refractivity contribution in [3.05, 3.63) is 39.8 Å². The molecule has 2 aliphatic heterocycles. The van der Waals surface area contributed by atoms with E-state index in [1.54, 1.807) is 0 Å². The number of amides is 1. The smallest absolute Gasteiger partial charge is 0.224 e. The van der Waals surface area contributed by atoms with Crippen LogP contribution in [0.5, 0.6) is 0 Å². The Kier molecular flexibility index (Phi) is 4.67. The van der Waals surface area contributed by atoms with Crippen LogP contribution in [-0.2, 0) is 17.8 Å². The highest BCUT2D eigenvalue weighted by atomic mass is 32.1. The molecule has 0 spiro atoms. The number of aromatic amines is 1. The number of thiophene rings is 1. The van der Waals surface area contributed by atoms with E-state index >= 15 is 0 Å². The van der Waals surface area contributed by atoms with Gasteiger partial charge < -0.3 is 9.80 Å². The average Bonchev–Trinajstić information content (AvgIpc) is 3.30. The largest absolute Gasteiger partial charge is 0.338 e. The van der Waals surface area contributed by atoms with Crippen LogP contribution < -0.4 is 0 Å². The molecule has 0 saturated carbocycles. The molecule has 1 atom stereocenters. The highest BCUT2D eigenvalue weighted by molar-refractivity contribution is 7.10. The molecule has 5 nitrogen and oxygen atoms in total. The lowest BCUT2D eigenvalue weighted by Crippen LogP contribution is -2.40. The van der Waals surface area contributed by atoms with Crippen molar-refractivity contribution in [2.75, 3.05) is 26.2 Å². The Balaban J connectivity index is 1.28. The van der Waals surface area contributed by atoms with Crippen molar-refractivity contribution < 1.29 is 4.79 Å². The van der Waals surface area contributed by atoms with E-state index < -0.39 is 0 Å². The van der Waals surface area contributed by atoms with Gasteiger partial charge in [0.1, 0.15) is 0 Å². The minimum atomic E-state index is 0.301. The normalized spacial score (nSPS) is 21.7. The number of likely N-dealkylation sites (tertiary alicyclic amines) is 1. The summed E-state index contributed by atoms with van der Waals surface area (Å²) in [4.78, 5) is 18.5. The van der Waals surface area contributed by atoms with Crippen LogP contribution in [0.1, 0.15) is 41.3 Å². The maximum Gasteiger partial charge on any atom is 0.224 e. The lowest BCUT2D eigenvalue weighted by molar-refractivity contribution is -0.132. The fraction of sp³-hybridized carbons (Fsp3) is 0.556. The van der Waals surface area contributed by atoms with E-state index in [0.717, 1.165) is 39.1 Å². The van der Waals surface area contributed by atoms with E-state index in [4.69, 9.17) is 0 Å². The van der Waals surface area contributed by atoms with Gasteiger partial charge in [0.25, 0.3) is 0 Å². The van der Waals surface area contributed by atoms with Crippen LogP contribution in [0.15, 0.2) is 23.7 Å². The first kappa shape index (κ1) is 15.8. The van der Waals surface area contributed by atoms with E-state index in [1.165, 1.54) is 29.0 Å². The molecular weight excluding hydrogens is 320 g/mol. The molecule has 1 unspecified atom stereocenters. The Labute approximate surface area is 146 Å². The SMILES string of the molecule is O=C(CCN1CCCC(c2ccn[nH]2)C1)N1CCc2sccc2C1. The third-order valence-corrected chi connectivity index (χ3v) is 6.29. The number of carbonyl (C=O) groups excluding carboxylic acids is 1. The number of rotatable bonds is 4. The number of piperidine rings is 1. The Bertz CT molecular complexity index is 681. The third kappa shape index (κ3) is 3.39. The lowest BCUT2D eigenvalue weighted by atomic mass is 9.95. The molecule has 2 aromatic rings. The first-order chi connectivity index (χ1) is 11.8. The monoisotopic (exact) mass is 344 g/mol. The van der Waals surface area contributed by atoms with Crippen LogP contribution in [0, 0.1) is 0 Å². The predicted molar refractivity (Wildman–Crippen MR) is 95.1 cm³/mol. The van der Waals surface area contributed by atoms with E-state index in [2.05, 4.69) is 32.6 Å². The summed E-state index contributed by atoms with van der Waals surface area (Å²) in [6.07, 6.45) is 5.88. The van der Waals surface area contributed by atoms with Gasteiger partial charge in [0, 0.05) is 55.3 Å². The summed E-state index contributed by atoms with van der Waals surface area (Å²) in [6, 6.07) is 4.24. The quantitative estimate of drug-likeness (QED) is 0.928. The zero-order valence-corrected chi connectivity index (χ0v) is 14.7. The molecule has 4 rings (SSSR count). The van der Waals surface area contributed by atoms with Crippen molar-refractivity contribution in [1.82, 2.24) is 20.0 Å². The van der Waals surface area contributed by atoms with E-state index in [-0.39, 0.29) is 0 Å². The molecule has 24 heavy (non-hydrogen) atoms. The molecule has 0 aliphatic carbocycles. The fourth-order valence-corrected chi connectivity index (χ4v) is 4.77. The van der Waals surface area contributed by atoms with Crippen molar-refractivity contribution >= 4 is 17.2 Å². The first-order valence-electron chi connectivity index (χ1n) is 8.84. The summed E-state index contributed by atoms with van der Waals surface area (Å²) >= 11 is 1.82. The number of hydrogen-bond donors (Lipinski definition) is 1. The fourth-order valence-electron chi connectivity index (χ4n) is 3.88. The predicted octanol–water partition coefficient (Wildman–Crippen LogP) is 2.63. The number of carbonyl (C=O) groups is 1. The number of hydrogen-bond acceptors (Lipinski definition) is 4. The molecule has 1 saturated heterocycles. The highest BCUT2D eigenvalue weighted by Gasteiger charge is 2.25. The van der Waals surface area contributed by atoms with Crippen LogP contribution in [-0.4, -0.2) is 52.1 Å². The summed E-state index contributed by atoms with van der Waals surface area (Å²) < 4.78 is 0. The summed E-state index contributed by atoms with van der Waals surface area (Å²) in [6.45, 7) is 4.69. The minimum Gasteiger partial charge on any atom is -0.338 e. The molecule has 2 aliphatic rings. The topological polar surface area (TPSA) is 52.2 Å². The van der Waals surface area contributed by atoms with Crippen molar-refractivity contribution in [3.8, 4) is 0 Å². The Hall–Kier alpha value is -1.66. The van der Waals surface area contributed by atoms with Gasteiger partial charge in [-0.2, -0.15) is 5.10 Å². The Morgan fingerprint density at radius 3 is 3.21 bits per heavy atom. The van der Waals surface area contributed by atoms with Crippen molar-refractivity contribution in [2.24, 2.45) is 0 Å². The van der Waals surface area contributed by atoms with Crippen LogP contribution in [0.4, 0.5) is 0 Å². The van der Waals surface area contributed by atoms with Crippen LogP contribution in [0.25, 0.3) is 0 Å². The molecule has 6 heteroatoms. The van der Waals surface area contributed by atoms with Gasteiger partial charge in [-0.1, -0.05) is 0 Å². The first-order valence-corrected chi connectivity index (χ1v) is 9.72. The van der Waals surface area contributed by atoms with Gasteiger partial charge in [0.15, 0.2) is 0 Å². The molecule has 1 N–H and O–H groups in total. The van der Waals surface area contributed by atoms with Gasteiger partial charge in [-0.15, -0.1) is 11.3 Å². The van der Waals surface area contributed by atoms with Crippen LogP contribution >= 0.6 is 11.3 Å². The summed E-state index contributed by atoms with van der Waals surface area (Å²) in [5.41, 5.74) is 2.57. The maximum absolute atomic E-state index is 12.6. The van der Waals surface area contributed by atoms with Gasteiger partial charge in [-0.3, -0.25) is 9.89 Å². The zero-order valence-electron chi connectivity index (χ0n) is 13.9. The number of nitrogens with zero attached hydrogens (tertiary/aromatic N) is 3. The minimum absolute atomic E-state index is 0.301. The van der Waals surface area contributed by atoms with Gasteiger partial charge in [-0.25, -0.2) is 0 Å². The molecular formula is C18H24N4OS. The van der Waals surface area contributed by atoms with Crippen LogP contribution in [0.2, 0.25) is 0 Å². The standard InChI is InChI=1S/C18H24N4OS/c23-18(22-10-4-17-15(13-22)6-11-24-17)5-9-21-8-1-2-14(12-21)16-3-7-19-20-16/h3,6-7,11,14H,1-2,4-5,8-10,12-13H2,(H,19,20). The average molecular weight is 344 g/mol. The molecule has 4 heterocycles. The Morgan fingerprint density at radius 2 is 2.33 bits per heavy atom. The molecule has 0 bridgehead atoms. The second-order valence-corrected chi connectivity index (χ2v) is 7.84. The molecule has 128 valence electrons. The molecule has 0 aromatic carbocycles. The number of H-pyrrole nitrogens is 1. The molecule has 1 fully saturated rings. The number of nitrogens with one attached hydrogen (secondary N) is 1. The maximum atomic E-state index is 12.6. The summed E-state index contributed by atoms with van der Waals surface area (Å²) in [5, 5.41) is 9.31. The molecule has 1 amide bonds. The second kappa shape index (κ2) is 7.07. The van der Waals surface area contributed by atoms with Gasteiger partial charge >= 0.3 is 0 Å². The van der Waals surface area contributed by atoms with Crippen LogP contribution in [0.3, 0.4) is 0 Å². The zero-order chi connectivity index (χ0) is 16.4. The molecule has 0 radical (unpaired) electrons. The van der Waals surface area contributed by atoms with Crippen molar-refractivity contribution in [3.63, 3.8) is 0 Å². The second-order valence-electron chi connectivity index (χ2n) is 6.84. The van der Waals surface area contributed by atoms with E-state index in [9.17, 15) is 4.79 Å². The number of fused-ring (bicyclic) bond motifs is 1.